The lowest BCUT2D eigenvalue weighted by atomic mass is 9.81. The van der Waals surface area contributed by atoms with Gasteiger partial charge in [-0.25, -0.2) is 4.79 Å². The standard InChI is InChI=1S/C27H36N4O8/c1-5-15(16-9-10-28-24(16)33)23(21(32)13-39-27(36)37)31-26(35)19(11-14(2)3)30-25(34)20-12-17-18(29-20)7-6-8-22(17)38-4/h6-8,12,14-16,19,23,29H,5,9-11,13H2,1-4H3,(H,28,33)(H,30,34)(H,31,35)(H,36,37)/t15?,16-,19-,23-/m0/s1. The Morgan fingerprint density at radius 2 is 1.92 bits per heavy atom. The lowest BCUT2D eigenvalue weighted by Crippen LogP contribution is -2.56. The number of methoxy groups -OCH3 is 1. The molecule has 0 saturated carbocycles. The number of nitrogens with one attached hydrogen (secondary N) is 4. The first kappa shape index (κ1) is 29.5. The van der Waals surface area contributed by atoms with E-state index < -0.39 is 54.3 Å². The molecule has 1 aliphatic heterocycles. The Kier molecular flexibility index (Phi) is 9.91. The Bertz CT molecular complexity index is 1220. The number of amides is 3. The molecule has 1 aliphatic rings. The normalized spacial score (nSPS) is 17.3. The fourth-order valence-corrected chi connectivity index (χ4v) is 5.04. The number of rotatable bonds is 13. The summed E-state index contributed by atoms with van der Waals surface area (Å²) < 4.78 is 9.83. The van der Waals surface area contributed by atoms with Gasteiger partial charge in [0.25, 0.3) is 5.91 Å². The Morgan fingerprint density at radius 3 is 2.51 bits per heavy atom. The lowest BCUT2D eigenvalue weighted by molar-refractivity contribution is -0.134. The van der Waals surface area contributed by atoms with Crippen LogP contribution in [0.15, 0.2) is 24.3 Å². The van der Waals surface area contributed by atoms with Gasteiger partial charge < -0.3 is 35.5 Å². The van der Waals surface area contributed by atoms with Gasteiger partial charge in [0.2, 0.25) is 11.8 Å². The van der Waals surface area contributed by atoms with Crippen LogP contribution in [0.2, 0.25) is 0 Å². The molecule has 0 aliphatic carbocycles. The predicted octanol–water partition coefficient (Wildman–Crippen LogP) is 2.23. The monoisotopic (exact) mass is 544 g/mol. The second-order valence-corrected chi connectivity index (χ2v) is 10.0. The summed E-state index contributed by atoms with van der Waals surface area (Å²) in [4.78, 5) is 66.1. The van der Waals surface area contributed by atoms with Crippen molar-refractivity contribution in [2.45, 2.75) is 52.1 Å². The highest BCUT2D eigenvalue weighted by molar-refractivity contribution is 6.02. The molecular weight excluding hydrogens is 508 g/mol. The topological polar surface area (TPSA) is 176 Å². The number of aromatic nitrogens is 1. The number of ether oxygens (including phenoxy) is 2. The fourth-order valence-electron chi connectivity index (χ4n) is 5.04. The third kappa shape index (κ3) is 7.27. The highest BCUT2D eigenvalue weighted by atomic mass is 16.7. The van der Waals surface area contributed by atoms with Crippen LogP contribution in [0.3, 0.4) is 0 Å². The SMILES string of the molecule is CCC([C@@H]1CCNC1=O)[C@H](NC(=O)[C@H](CC(C)C)NC(=O)c1cc2c(OC)cccc2[nH]1)C(=O)COC(=O)O. The van der Waals surface area contributed by atoms with Crippen LogP contribution in [-0.4, -0.2) is 72.1 Å². The van der Waals surface area contributed by atoms with E-state index in [9.17, 15) is 24.0 Å². The van der Waals surface area contributed by atoms with E-state index in [-0.39, 0.29) is 23.9 Å². The average molecular weight is 545 g/mol. The minimum atomic E-state index is -1.63. The van der Waals surface area contributed by atoms with Crippen LogP contribution in [-0.2, 0) is 19.1 Å². The van der Waals surface area contributed by atoms with Crippen LogP contribution in [0, 0.1) is 17.8 Å². The van der Waals surface area contributed by atoms with Crippen LogP contribution in [0.4, 0.5) is 4.79 Å². The summed E-state index contributed by atoms with van der Waals surface area (Å²) in [5.41, 5.74) is 0.918. The molecule has 3 amide bonds. The van der Waals surface area contributed by atoms with E-state index in [4.69, 9.17) is 9.84 Å². The zero-order valence-corrected chi connectivity index (χ0v) is 22.5. The number of carbonyl (C=O) groups is 5. The van der Waals surface area contributed by atoms with Crippen molar-refractivity contribution >= 4 is 40.6 Å². The fraction of sp³-hybridized carbons (Fsp3) is 0.519. The number of benzene rings is 1. The van der Waals surface area contributed by atoms with Gasteiger partial charge in [-0.2, -0.15) is 0 Å². The van der Waals surface area contributed by atoms with Crippen LogP contribution >= 0.6 is 0 Å². The number of aromatic amines is 1. The number of fused-ring (bicyclic) bond motifs is 1. The van der Waals surface area contributed by atoms with Gasteiger partial charge in [0.15, 0.2) is 12.4 Å². The molecule has 0 spiro atoms. The zero-order valence-electron chi connectivity index (χ0n) is 22.5. The first-order valence-electron chi connectivity index (χ1n) is 13.0. The van der Waals surface area contributed by atoms with Crippen molar-refractivity contribution < 1.29 is 38.6 Å². The molecule has 39 heavy (non-hydrogen) atoms. The molecule has 0 bridgehead atoms. The van der Waals surface area contributed by atoms with Gasteiger partial charge in [0, 0.05) is 23.4 Å². The van der Waals surface area contributed by atoms with Crippen molar-refractivity contribution in [3.05, 3.63) is 30.0 Å². The largest absolute Gasteiger partial charge is 0.506 e. The number of H-pyrrole nitrogens is 1. The van der Waals surface area contributed by atoms with E-state index in [0.29, 0.717) is 36.0 Å². The number of ketones is 1. The maximum absolute atomic E-state index is 13.5. The summed E-state index contributed by atoms with van der Waals surface area (Å²) in [6.07, 6.45) is -0.499. The molecule has 212 valence electrons. The average Bonchev–Trinajstić information content (AvgIpc) is 3.52. The molecule has 0 radical (unpaired) electrons. The maximum atomic E-state index is 13.5. The van der Waals surface area contributed by atoms with Gasteiger partial charge in [-0.15, -0.1) is 0 Å². The Hall–Kier alpha value is -4.09. The number of hydrogen-bond donors (Lipinski definition) is 5. The van der Waals surface area contributed by atoms with E-state index in [1.54, 1.807) is 31.2 Å². The molecule has 1 aromatic carbocycles. The second kappa shape index (κ2) is 13.1. The molecule has 2 aromatic rings. The molecule has 3 rings (SSSR count). The Labute approximate surface area is 226 Å². The molecule has 12 heteroatoms. The summed E-state index contributed by atoms with van der Waals surface area (Å²) in [7, 11) is 1.53. The Balaban J connectivity index is 1.84. The van der Waals surface area contributed by atoms with Crippen molar-refractivity contribution in [1.82, 2.24) is 20.9 Å². The van der Waals surface area contributed by atoms with Crippen LogP contribution in [0.5, 0.6) is 5.75 Å². The maximum Gasteiger partial charge on any atom is 0.506 e. The van der Waals surface area contributed by atoms with Gasteiger partial charge in [-0.3, -0.25) is 19.2 Å². The number of carboxylic acid groups (broad SMARTS) is 1. The minimum Gasteiger partial charge on any atom is -0.496 e. The molecule has 1 saturated heterocycles. The van der Waals surface area contributed by atoms with Gasteiger partial charge in [0.05, 0.1) is 13.2 Å². The zero-order chi connectivity index (χ0) is 28.7. The molecule has 1 aromatic heterocycles. The van der Waals surface area contributed by atoms with Crippen molar-refractivity contribution in [3.63, 3.8) is 0 Å². The van der Waals surface area contributed by atoms with Crippen molar-refractivity contribution in [2.24, 2.45) is 17.8 Å². The van der Waals surface area contributed by atoms with Gasteiger partial charge in [-0.1, -0.05) is 33.3 Å². The lowest BCUT2D eigenvalue weighted by Gasteiger charge is -2.31. The van der Waals surface area contributed by atoms with Crippen molar-refractivity contribution in [2.75, 3.05) is 20.3 Å². The first-order chi connectivity index (χ1) is 18.5. The highest BCUT2D eigenvalue weighted by Gasteiger charge is 2.41. The van der Waals surface area contributed by atoms with E-state index in [1.807, 2.05) is 13.8 Å². The van der Waals surface area contributed by atoms with Crippen LogP contribution < -0.4 is 20.7 Å². The van der Waals surface area contributed by atoms with E-state index >= 15 is 0 Å². The van der Waals surface area contributed by atoms with Crippen LogP contribution in [0.1, 0.15) is 50.5 Å². The summed E-state index contributed by atoms with van der Waals surface area (Å²) in [6, 6.07) is 4.80. The first-order valence-corrected chi connectivity index (χ1v) is 13.0. The van der Waals surface area contributed by atoms with Gasteiger partial charge in [-0.05, 0) is 42.9 Å². The molecule has 2 heterocycles. The quantitative estimate of drug-likeness (QED) is 0.238. The van der Waals surface area contributed by atoms with Crippen molar-refractivity contribution in [3.8, 4) is 5.75 Å². The number of carbonyl (C=O) groups excluding carboxylic acids is 4. The van der Waals surface area contributed by atoms with Gasteiger partial charge in [0.1, 0.15) is 17.5 Å². The molecule has 5 N–H and O–H groups in total. The van der Waals surface area contributed by atoms with Crippen molar-refractivity contribution in [1.29, 1.82) is 0 Å². The second-order valence-electron chi connectivity index (χ2n) is 10.0. The van der Waals surface area contributed by atoms with Gasteiger partial charge >= 0.3 is 6.16 Å². The molecule has 1 fully saturated rings. The summed E-state index contributed by atoms with van der Waals surface area (Å²) in [6.45, 7) is 5.24. The molecule has 1 unspecified atom stereocenters. The van der Waals surface area contributed by atoms with E-state index in [0.717, 1.165) is 0 Å². The molecule has 12 nitrogen and oxygen atoms in total. The third-order valence-electron chi connectivity index (χ3n) is 6.91. The highest BCUT2D eigenvalue weighted by Crippen LogP contribution is 2.28. The number of Topliss-reactive ketones (excluding diaryl/α,β-unsaturated/α-hetero) is 1. The summed E-state index contributed by atoms with van der Waals surface area (Å²) >= 11 is 0. The summed E-state index contributed by atoms with van der Waals surface area (Å²) in [5.74, 6) is -2.55. The molecule has 4 atom stereocenters. The summed E-state index contributed by atoms with van der Waals surface area (Å²) in [5, 5.41) is 17.8. The predicted molar refractivity (Wildman–Crippen MR) is 141 cm³/mol. The smallest absolute Gasteiger partial charge is 0.496 e. The minimum absolute atomic E-state index is 0.0101. The van der Waals surface area contributed by atoms with Crippen LogP contribution in [0.25, 0.3) is 10.9 Å². The Morgan fingerprint density at radius 1 is 1.18 bits per heavy atom. The van der Waals surface area contributed by atoms with E-state index in [1.165, 1.54) is 7.11 Å². The van der Waals surface area contributed by atoms with E-state index in [2.05, 4.69) is 25.7 Å². The molecular formula is C27H36N4O8. The third-order valence-corrected chi connectivity index (χ3v) is 6.91. The number of hydrogen-bond acceptors (Lipinski definition) is 7.